The van der Waals surface area contributed by atoms with Crippen LogP contribution in [-0.2, 0) is 0 Å². The van der Waals surface area contributed by atoms with E-state index in [2.05, 4.69) is 80.3 Å². The number of hydrogen-bond donors (Lipinski definition) is 2. The van der Waals surface area contributed by atoms with Crippen molar-refractivity contribution in [3.8, 4) is 0 Å². The minimum Gasteiger partial charge on any atom is -0.265 e. The molecule has 0 bridgehead atoms. The van der Waals surface area contributed by atoms with E-state index in [1.165, 1.54) is 28.0 Å². The molecule has 0 radical (unpaired) electrons. The van der Waals surface area contributed by atoms with E-state index in [1.807, 2.05) is 7.05 Å². The second-order valence-electron chi connectivity index (χ2n) is 7.54. The van der Waals surface area contributed by atoms with Gasteiger partial charge in [0.25, 0.3) is 0 Å². The van der Waals surface area contributed by atoms with Crippen LogP contribution in [0.15, 0.2) is 58.8 Å². The summed E-state index contributed by atoms with van der Waals surface area (Å²) in [5.41, 5.74) is 13.1. The maximum Gasteiger partial charge on any atom is 0.0438 e. The summed E-state index contributed by atoms with van der Waals surface area (Å²) in [7, 11) is 1.91. The fraction of sp³-hybridized carbons (Fsp3) is 0.435. The van der Waals surface area contributed by atoms with Crippen molar-refractivity contribution in [3.05, 3.63) is 70.5 Å². The van der Waals surface area contributed by atoms with E-state index < -0.39 is 0 Å². The lowest BCUT2D eigenvalue weighted by Crippen LogP contribution is -2.37. The van der Waals surface area contributed by atoms with Gasteiger partial charge in [0.15, 0.2) is 0 Å². The first-order valence-electron chi connectivity index (χ1n) is 9.68. The summed E-state index contributed by atoms with van der Waals surface area (Å²) in [6.07, 6.45) is 14.5. The first kappa shape index (κ1) is 18.8. The molecule has 26 heavy (non-hydrogen) atoms. The van der Waals surface area contributed by atoms with Crippen molar-refractivity contribution in [2.24, 2.45) is 10.9 Å². The van der Waals surface area contributed by atoms with Crippen molar-refractivity contribution in [1.29, 1.82) is 0 Å². The van der Waals surface area contributed by atoms with Crippen LogP contribution >= 0.6 is 0 Å². The van der Waals surface area contributed by atoms with Gasteiger partial charge in [0.2, 0.25) is 0 Å². The highest BCUT2D eigenvalue weighted by molar-refractivity contribution is 5.64. The Hall–Kier alpha value is -1.97. The van der Waals surface area contributed by atoms with Crippen molar-refractivity contribution in [1.82, 2.24) is 10.9 Å². The number of rotatable bonds is 6. The minimum absolute atomic E-state index is 0.323. The molecule has 1 aliphatic carbocycles. The largest absolute Gasteiger partial charge is 0.265 e. The second-order valence-corrected chi connectivity index (χ2v) is 7.54. The van der Waals surface area contributed by atoms with Gasteiger partial charge >= 0.3 is 0 Å². The molecule has 0 spiro atoms. The van der Waals surface area contributed by atoms with E-state index in [4.69, 9.17) is 4.99 Å². The number of nitrogens with one attached hydrogen (secondary N) is 2. The lowest BCUT2D eigenvalue weighted by molar-refractivity contribution is 0.522. The summed E-state index contributed by atoms with van der Waals surface area (Å²) in [5, 5.41) is 0. The van der Waals surface area contributed by atoms with E-state index in [-0.39, 0.29) is 0 Å². The number of aliphatic imine (C=N–C) groups is 1. The zero-order valence-corrected chi connectivity index (χ0v) is 16.4. The summed E-state index contributed by atoms with van der Waals surface area (Å²) in [5.74, 6) is 0.864. The summed E-state index contributed by atoms with van der Waals surface area (Å²) in [4.78, 5) is 4.83. The first-order valence-corrected chi connectivity index (χ1v) is 9.68. The highest BCUT2D eigenvalue weighted by Crippen LogP contribution is 2.37. The lowest BCUT2D eigenvalue weighted by atomic mass is 9.83. The Kier molecular flexibility index (Phi) is 6.23. The molecule has 1 aromatic carbocycles. The van der Waals surface area contributed by atoms with Gasteiger partial charge in [-0.1, -0.05) is 55.0 Å². The van der Waals surface area contributed by atoms with Crippen LogP contribution in [0.25, 0.3) is 0 Å². The van der Waals surface area contributed by atoms with E-state index in [1.54, 1.807) is 0 Å². The average molecular weight is 350 g/mol. The fourth-order valence-corrected chi connectivity index (χ4v) is 3.74. The molecule has 0 aromatic heterocycles. The molecule has 0 fully saturated rings. The van der Waals surface area contributed by atoms with Gasteiger partial charge in [0, 0.05) is 23.9 Å². The minimum atomic E-state index is 0.323. The number of benzene rings is 1. The standard InChI is InChI=1S/C23H31N3/c1-16-8-13-23(25-15-16)22(21-7-5-6-17(2)18(21)3)14-19-9-11-20(12-10-19)26-24-4/h5-7,9-11,13,15-16,20,22,24,26H,8,12,14H2,1-4H3. The van der Waals surface area contributed by atoms with Crippen molar-refractivity contribution in [3.63, 3.8) is 0 Å². The first-order chi connectivity index (χ1) is 12.6. The Morgan fingerprint density at radius 3 is 2.69 bits per heavy atom. The molecule has 2 N–H and O–H groups in total. The van der Waals surface area contributed by atoms with E-state index in [0.717, 1.165) is 19.3 Å². The number of aryl methyl sites for hydroxylation is 1. The highest BCUT2D eigenvalue weighted by atomic mass is 15.3. The van der Waals surface area contributed by atoms with Gasteiger partial charge in [-0.25, -0.2) is 0 Å². The summed E-state index contributed by atoms with van der Waals surface area (Å²) in [6.45, 7) is 6.67. The summed E-state index contributed by atoms with van der Waals surface area (Å²) >= 11 is 0. The maximum absolute atomic E-state index is 4.83. The summed E-state index contributed by atoms with van der Waals surface area (Å²) in [6, 6.07) is 7.03. The topological polar surface area (TPSA) is 36.4 Å². The Balaban J connectivity index is 1.86. The molecule has 1 aliphatic heterocycles. The van der Waals surface area contributed by atoms with Gasteiger partial charge in [-0.3, -0.25) is 15.8 Å². The third-order valence-corrected chi connectivity index (χ3v) is 5.50. The van der Waals surface area contributed by atoms with Crippen LogP contribution in [0.5, 0.6) is 0 Å². The third-order valence-electron chi connectivity index (χ3n) is 5.50. The third kappa shape index (κ3) is 4.40. The molecule has 0 amide bonds. The fourth-order valence-electron chi connectivity index (χ4n) is 3.74. The van der Waals surface area contributed by atoms with Crippen LogP contribution in [-0.4, -0.2) is 19.3 Å². The Morgan fingerprint density at radius 2 is 2.04 bits per heavy atom. The lowest BCUT2D eigenvalue weighted by Gasteiger charge is -2.25. The van der Waals surface area contributed by atoms with Gasteiger partial charge in [-0.2, -0.15) is 0 Å². The summed E-state index contributed by atoms with van der Waals surface area (Å²) < 4.78 is 0. The second kappa shape index (κ2) is 8.61. The van der Waals surface area contributed by atoms with Crippen LogP contribution in [0.3, 0.4) is 0 Å². The van der Waals surface area contributed by atoms with Gasteiger partial charge in [0.05, 0.1) is 0 Å². The van der Waals surface area contributed by atoms with E-state index >= 15 is 0 Å². The molecule has 3 atom stereocenters. The van der Waals surface area contributed by atoms with Crippen LogP contribution in [0.4, 0.5) is 0 Å². The number of nitrogens with zero attached hydrogens (tertiary/aromatic N) is 1. The normalized spacial score (nSPS) is 23.5. The predicted octanol–water partition coefficient (Wildman–Crippen LogP) is 4.75. The highest BCUT2D eigenvalue weighted by Gasteiger charge is 2.22. The van der Waals surface area contributed by atoms with Crippen LogP contribution in [0.1, 0.15) is 48.8 Å². The molecule has 3 heteroatoms. The number of allylic oxidation sites excluding steroid dienone is 4. The molecular formula is C23H31N3. The smallest absolute Gasteiger partial charge is 0.0438 e. The molecule has 0 saturated heterocycles. The van der Waals surface area contributed by atoms with Gasteiger partial charge in [-0.15, -0.1) is 0 Å². The number of hydrogen-bond acceptors (Lipinski definition) is 3. The van der Waals surface area contributed by atoms with Crippen LogP contribution in [0, 0.1) is 19.8 Å². The Bertz CT molecular complexity index is 755. The zero-order valence-electron chi connectivity index (χ0n) is 16.4. The molecular weight excluding hydrogens is 318 g/mol. The van der Waals surface area contributed by atoms with Crippen LogP contribution < -0.4 is 10.9 Å². The van der Waals surface area contributed by atoms with Gasteiger partial charge in [-0.05, 0) is 62.8 Å². The Morgan fingerprint density at radius 1 is 1.19 bits per heavy atom. The van der Waals surface area contributed by atoms with Gasteiger partial charge in [0.1, 0.15) is 0 Å². The molecule has 2 aliphatic rings. The molecule has 3 nitrogen and oxygen atoms in total. The van der Waals surface area contributed by atoms with E-state index in [9.17, 15) is 0 Å². The maximum atomic E-state index is 4.83. The average Bonchev–Trinajstić information content (AvgIpc) is 2.65. The molecule has 0 saturated carbocycles. The monoisotopic (exact) mass is 349 g/mol. The molecule has 3 unspecified atom stereocenters. The predicted molar refractivity (Wildman–Crippen MR) is 111 cm³/mol. The molecule has 1 aromatic rings. The Labute approximate surface area is 158 Å². The van der Waals surface area contributed by atoms with Crippen molar-refractivity contribution < 1.29 is 0 Å². The van der Waals surface area contributed by atoms with Crippen LogP contribution in [0.2, 0.25) is 0 Å². The quantitative estimate of drug-likeness (QED) is 0.727. The van der Waals surface area contributed by atoms with Gasteiger partial charge < -0.3 is 0 Å². The van der Waals surface area contributed by atoms with E-state index in [0.29, 0.717) is 17.9 Å². The molecule has 138 valence electrons. The number of hydrazine groups is 1. The van der Waals surface area contributed by atoms with Crippen molar-refractivity contribution in [2.45, 2.75) is 52.0 Å². The SMILES string of the molecule is CNNC1C=CC(CC(C2=CCC(C)C=N2)c2cccc(C)c2C)=CC1. The molecule has 3 rings (SSSR count). The van der Waals surface area contributed by atoms with Crippen molar-refractivity contribution >= 4 is 6.21 Å². The zero-order chi connectivity index (χ0) is 18.5. The molecule has 1 heterocycles. The van der Waals surface area contributed by atoms with Crippen molar-refractivity contribution in [2.75, 3.05) is 7.05 Å².